The topological polar surface area (TPSA) is 73.0 Å². The van der Waals surface area contributed by atoms with Crippen LogP contribution in [0.5, 0.6) is 11.8 Å². The number of guanidine groups is 1. The van der Waals surface area contributed by atoms with E-state index in [1.54, 1.807) is 20.3 Å². The maximum atomic E-state index is 6.02. The molecule has 1 aliphatic heterocycles. The van der Waals surface area contributed by atoms with E-state index in [4.69, 9.17) is 15.2 Å². The van der Waals surface area contributed by atoms with Crippen LogP contribution >= 0.6 is 11.8 Å². The molecule has 1 fully saturated rings. The fourth-order valence-corrected chi connectivity index (χ4v) is 2.82. The minimum absolute atomic E-state index is 0.454. The molecule has 0 amide bonds. The van der Waals surface area contributed by atoms with Gasteiger partial charge >= 0.3 is 0 Å². The molecule has 0 spiro atoms. The van der Waals surface area contributed by atoms with Crippen molar-refractivity contribution in [2.45, 2.75) is 6.54 Å². The number of hydrogen-bond acceptors (Lipinski definition) is 5. The predicted octanol–water partition coefficient (Wildman–Crippen LogP) is 0.962. The Morgan fingerprint density at radius 3 is 2.75 bits per heavy atom. The molecule has 0 radical (unpaired) electrons. The van der Waals surface area contributed by atoms with E-state index in [-0.39, 0.29) is 0 Å². The number of aromatic nitrogens is 1. The molecule has 110 valence electrons. The van der Waals surface area contributed by atoms with Gasteiger partial charge in [0.2, 0.25) is 11.8 Å². The Hall–Kier alpha value is -1.63. The average molecular weight is 296 g/mol. The molecule has 0 saturated carbocycles. The molecule has 6 nitrogen and oxygen atoms in total. The van der Waals surface area contributed by atoms with Gasteiger partial charge in [-0.05, 0) is 6.07 Å². The Kier molecular flexibility index (Phi) is 5.34. The van der Waals surface area contributed by atoms with E-state index >= 15 is 0 Å². The van der Waals surface area contributed by atoms with Crippen molar-refractivity contribution in [2.24, 2.45) is 10.7 Å². The van der Waals surface area contributed by atoms with Gasteiger partial charge in [0.1, 0.15) is 0 Å². The minimum Gasteiger partial charge on any atom is -0.481 e. The van der Waals surface area contributed by atoms with Crippen LogP contribution < -0.4 is 15.2 Å². The first-order valence-electron chi connectivity index (χ1n) is 6.45. The molecule has 1 aliphatic rings. The van der Waals surface area contributed by atoms with Crippen molar-refractivity contribution in [3.63, 3.8) is 0 Å². The number of thioether (sulfide) groups is 1. The maximum Gasteiger partial charge on any atom is 0.221 e. The van der Waals surface area contributed by atoms with Gasteiger partial charge in [-0.15, -0.1) is 0 Å². The Morgan fingerprint density at radius 1 is 1.35 bits per heavy atom. The standard InChI is InChI=1S/C13H20N4O2S/c1-18-11-4-3-10(12(16-11)19-2)9-15-13(14)17-5-7-20-8-6-17/h3-4H,5-9H2,1-2H3,(H2,14,15). The van der Waals surface area contributed by atoms with E-state index in [1.807, 2.05) is 17.8 Å². The third kappa shape index (κ3) is 3.69. The molecule has 0 atom stereocenters. The lowest BCUT2D eigenvalue weighted by Crippen LogP contribution is -2.42. The van der Waals surface area contributed by atoms with Crippen molar-refractivity contribution < 1.29 is 9.47 Å². The van der Waals surface area contributed by atoms with E-state index in [0.29, 0.717) is 24.3 Å². The van der Waals surface area contributed by atoms with E-state index in [2.05, 4.69) is 14.9 Å². The highest BCUT2D eigenvalue weighted by Crippen LogP contribution is 2.20. The van der Waals surface area contributed by atoms with E-state index in [1.165, 1.54) is 0 Å². The van der Waals surface area contributed by atoms with Gasteiger partial charge in [-0.2, -0.15) is 16.7 Å². The quantitative estimate of drug-likeness (QED) is 0.659. The summed E-state index contributed by atoms with van der Waals surface area (Å²) in [6.45, 7) is 2.37. The Balaban J connectivity index is 2.05. The van der Waals surface area contributed by atoms with Crippen LogP contribution in [0.15, 0.2) is 17.1 Å². The van der Waals surface area contributed by atoms with Crippen molar-refractivity contribution in [1.29, 1.82) is 0 Å². The molecule has 1 saturated heterocycles. The smallest absolute Gasteiger partial charge is 0.221 e. The number of methoxy groups -OCH3 is 2. The van der Waals surface area contributed by atoms with Crippen LogP contribution in [0, 0.1) is 0 Å². The molecule has 0 unspecified atom stereocenters. The van der Waals surface area contributed by atoms with Crippen molar-refractivity contribution >= 4 is 17.7 Å². The number of nitrogens with two attached hydrogens (primary N) is 1. The number of rotatable bonds is 4. The summed E-state index contributed by atoms with van der Waals surface area (Å²) >= 11 is 1.94. The summed E-state index contributed by atoms with van der Waals surface area (Å²) in [4.78, 5) is 10.8. The molecule has 1 aromatic rings. The summed E-state index contributed by atoms with van der Waals surface area (Å²) in [6.07, 6.45) is 0. The van der Waals surface area contributed by atoms with E-state index < -0.39 is 0 Å². The van der Waals surface area contributed by atoms with Crippen LogP contribution in [-0.4, -0.2) is 54.7 Å². The Bertz CT molecular complexity index is 475. The average Bonchev–Trinajstić information content (AvgIpc) is 2.53. The maximum absolute atomic E-state index is 6.02. The molecule has 2 rings (SSSR count). The number of nitrogens with zero attached hydrogens (tertiary/aromatic N) is 3. The normalized spacial score (nSPS) is 16.1. The Labute approximate surface area is 123 Å². The summed E-state index contributed by atoms with van der Waals surface area (Å²) in [6, 6.07) is 3.69. The first-order chi connectivity index (χ1) is 9.74. The lowest BCUT2D eigenvalue weighted by molar-refractivity contribution is 0.361. The molecule has 0 aromatic carbocycles. The number of ether oxygens (including phenoxy) is 2. The van der Waals surface area contributed by atoms with Crippen LogP contribution in [0.2, 0.25) is 0 Å². The SMILES string of the molecule is COc1ccc(CN=C(N)N2CCSCC2)c(OC)n1. The molecule has 20 heavy (non-hydrogen) atoms. The molecule has 2 heterocycles. The highest BCUT2D eigenvalue weighted by Gasteiger charge is 2.12. The van der Waals surface area contributed by atoms with Gasteiger partial charge in [0.25, 0.3) is 0 Å². The second kappa shape index (κ2) is 7.23. The number of pyridine rings is 1. The summed E-state index contributed by atoms with van der Waals surface area (Å²) in [5.41, 5.74) is 6.92. The van der Waals surface area contributed by atoms with Crippen molar-refractivity contribution in [3.8, 4) is 11.8 Å². The van der Waals surface area contributed by atoms with Crippen LogP contribution in [0.1, 0.15) is 5.56 Å². The molecule has 0 aliphatic carbocycles. The van der Waals surface area contributed by atoms with Crippen LogP contribution in [-0.2, 0) is 6.54 Å². The fourth-order valence-electron chi connectivity index (χ4n) is 1.92. The first kappa shape index (κ1) is 14.8. The zero-order chi connectivity index (χ0) is 14.4. The fraction of sp³-hybridized carbons (Fsp3) is 0.538. The van der Waals surface area contributed by atoms with Gasteiger partial charge in [-0.3, -0.25) is 0 Å². The largest absolute Gasteiger partial charge is 0.481 e. The van der Waals surface area contributed by atoms with Gasteiger partial charge in [0, 0.05) is 36.2 Å². The van der Waals surface area contributed by atoms with E-state index in [0.717, 1.165) is 30.2 Å². The monoisotopic (exact) mass is 296 g/mol. The lowest BCUT2D eigenvalue weighted by atomic mass is 10.2. The predicted molar refractivity (Wildman–Crippen MR) is 81.6 cm³/mol. The first-order valence-corrected chi connectivity index (χ1v) is 7.60. The van der Waals surface area contributed by atoms with Gasteiger partial charge < -0.3 is 20.1 Å². The van der Waals surface area contributed by atoms with Crippen molar-refractivity contribution in [1.82, 2.24) is 9.88 Å². The molecule has 2 N–H and O–H groups in total. The molecule has 1 aromatic heterocycles. The van der Waals surface area contributed by atoms with Gasteiger partial charge in [-0.1, -0.05) is 0 Å². The molecule has 0 bridgehead atoms. The van der Waals surface area contributed by atoms with E-state index in [9.17, 15) is 0 Å². The summed E-state index contributed by atoms with van der Waals surface area (Å²) in [5, 5.41) is 0. The lowest BCUT2D eigenvalue weighted by Gasteiger charge is -2.27. The summed E-state index contributed by atoms with van der Waals surface area (Å²) < 4.78 is 10.3. The molecular formula is C13H20N4O2S. The molecule has 7 heteroatoms. The van der Waals surface area contributed by atoms with Crippen LogP contribution in [0.4, 0.5) is 0 Å². The number of aliphatic imine (C=N–C) groups is 1. The van der Waals surface area contributed by atoms with Gasteiger partial charge in [0.05, 0.1) is 20.8 Å². The Morgan fingerprint density at radius 2 is 2.10 bits per heavy atom. The van der Waals surface area contributed by atoms with Gasteiger partial charge in [0.15, 0.2) is 5.96 Å². The van der Waals surface area contributed by atoms with Crippen LogP contribution in [0.3, 0.4) is 0 Å². The zero-order valence-electron chi connectivity index (χ0n) is 11.8. The zero-order valence-corrected chi connectivity index (χ0v) is 12.7. The summed E-state index contributed by atoms with van der Waals surface area (Å²) in [7, 11) is 3.16. The number of hydrogen-bond donors (Lipinski definition) is 1. The second-order valence-electron chi connectivity index (χ2n) is 4.30. The highest BCUT2D eigenvalue weighted by molar-refractivity contribution is 7.99. The van der Waals surface area contributed by atoms with Crippen molar-refractivity contribution in [2.75, 3.05) is 38.8 Å². The van der Waals surface area contributed by atoms with Crippen LogP contribution in [0.25, 0.3) is 0 Å². The minimum atomic E-state index is 0.454. The second-order valence-corrected chi connectivity index (χ2v) is 5.52. The molecular weight excluding hydrogens is 276 g/mol. The third-order valence-electron chi connectivity index (χ3n) is 3.06. The third-order valence-corrected chi connectivity index (χ3v) is 4.00. The van der Waals surface area contributed by atoms with Crippen molar-refractivity contribution in [3.05, 3.63) is 17.7 Å². The highest BCUT2D eigenvalue weighted by atomic mass is 32.2. The van der Waals surface area contributed by atoms with Gasteiger partial charge in [-0.25, -0.2) is 4.99 Å². The summed E-state index contributed by atoms with van der Waals surface area (Å²) in [5.74, 6) is 3.83.